The van der Waals surface area contributed by atoms with Crippen molar-refractivity contribution in [1.29, 1.82) is 10.5 Å². The van der Waals surface area contributed by atoms with E-state index in [1.165, 1.54) is 0 Å². The van der Waals surface area contributed by atoms with Crippen molar-refractivity contribution in [3.63, 3.8) is 0 Å². The molecule has 0 saturated heterocycles. The van der Waals surface area contributed by atoms with Gasteiger partial charge in [-0.25, -0.2) is 19.4 Å². The second-order valence-corrected chi connectivity index (χ2v) is 11.6. The van der Waals surface area contributed by atoms with E-state index in [1.807, 2.05) is 45.5 Å². The predicted octanol–water partition coefficient (Wildman–Crippen LogP) is 11.5. The molecule has 0 aliphatic carbocycles. The van der Waals surface area contributed by atoms with Gasteiger partial charge in [0.1, 0.15) is 0 Å². The minimum absolute atomic E-state index is 0.338. The van der Waals surface area contributed by atoms with Gasteiger partial charge in [0, 0.05) is 43.7 Å². The molecule has 0 saturated carbocycles. The van der Waals surface area contributed by atoms with Crippen molar-refractivity contribution in [2.75, 3.05) is 0 Å². The Morgan fingerprint density at radius 1 is 0.440 bits per heavy atom. The molecule has 50 heavy (non-hydrogen) atoms. The van der Waals surface area contributed by atoms with E-state index in [-0.39, 0.29) is 0 Å². The van der Waals surface area contributed by atoms with Crippen molar-refractivity contribution >= 4 is 66.4 Å². The van der Waals surface area contributed by atoms with Gasteiger partial charge in [0.05, 0.1) is 66.4 Å². The monoisotopic (exact) mass is 634 g/mol. The molecule has 2 aromatic heterocycles. The first-order valence-corrected chi connectivity index (χ1v) is 15.3. The van der Waals surface area contributed by atoms with Crippen LogP contribution < -0.4 is 0 Å². The molecular formula is C42H18N8. The molecule has 0 fully saturated rings. The van der Waals surface area contributed by atoms with Crippen molar-refractivity contribution in [2.45, 2.75) is 0 Å². The minimum atomic E-state index is 0.338. The van der Waals surface area contributed by atoms with Gasteiger partial charge >= 0.3 is 0 Å². The molecule has 0 spiro atoms. The first-order chi connectivity index (χ1) is 24.5. The molecule has 0 N–H and O–H groups in total. The first kappa shape index (κ1) is 29.3. The van der Waals surface area contributed by atoms with Crippen LogP contribution in [0.2, 0.25) is 0 Å². The Bertz CT molecular complexity index is 2750. The Balaban J connectivity index is 1.65. The summed E-state index contributed by atoms with van der Waals surface area (Å²) in [5, 5.41) is 23.9. The lowest BCUT2D eigenvalue weighted by Crippen LogP contribution is -2.05. The van der Waals surface area contributed by atoms with Crippen LogP contribution in [0.25, 0.3) is 85.5 Å². The quantitative estimate of drug-likeness (QED) is 0.181. The number of aromatic nitrogens is 2. The van der Waals surface area contributed by atoms with Crippen LogP contribution in [0.3, 0.4) is 0 Å². The SMILES string of the molecule is [C-]#[N+]c1cccc(-c2c(-n3c4cc(C#N)ccc4c4ccc([N+]#[C-])cc43)cc(C#N)cc2-n2c3cc([N+]#[C-])ccc3c3ccc([N+]#[C-])cc32)c1. The zero-order valence-electron chi connectivity index (χ0n) is 26.0. The van der Waals surface area contributed by atoms with Crippen LogP contribution in [-0.4, -0.2) is 9.13 Å². The number of benzene rings is 6. The molecule has 0 atom stereocenters. The molecule has 226 valence electrons. The number of nitriles is 2. The highest BCUT2D eigenvalue weighted by Crippen LogP contribution is 2.44. The maximum absolute atomic E-state index is 10.5. The molecule has 0 aliphatic rings. The van der Waals surface area contributed by atoms with Crippen LogP contribution in [0.4, 0.5) is 22.7 Å². The van der Waals surface area contributed by atoms with Gasteiger partial charge in [-0.3, -0.25) is 0 Å². The van der Waals surface area contributed by atoms with Gasteiger partial charge in [-0.2, -0.15) is 10.5 Å². The van der Waals surface area contributed by atoms with E-state index in [4.69, 9.17) is 26.3 Å². The maximum atomic E-state index is 10.5. The molecule has 0 unspecified atom stereocenters. The molecular weight excluding hydrogens is 617 g/mol. The third kappa shape index (κ3) is 4.33. The molecule has 2 heterocycles. The van der Waals surface area contributed by atoms with Crippen LogP contribution in [-0.2, 0) is 0 Å². The Morgan fingerprint density at radius 3 is 1.30 bits per heavy atom. The van der Waals surface area contributed by atoms with Crippen LogP contribution >= 0.6 is 0 Å². The summed E-state index contributed by atoms with van der Waals surface area (Å²) in [7, 11) is 0. The fourth-order valence-electron chi connectivity index (χ4n) is 6.86. The van der Waals surface area contributed by atoms with E-state index in [2.05, 4.69) is 31.5 Å². The molecule has 6 aromatic carbocycles. The summed E-state index contributed by atoms with van der Waals surface area (Å²) in [4.78, 5) is 14.8. The fraction of sp³-hybridized carbons (Fsp3) is 0. The van der Waals surface area contributed by atoms with Crippen LogP contribution in [0, 0.1) is 49.0 Å². The first-order valence-electron chi connectivity index (χ1n) is 15.3. The fourth-order valence-corrected chi connectivity index (χ4v) is 6.86. The van der Waals surface area contributed by atoms with Crippen molar-refractivity contribution in [2.24, 2.45) is 0 Å². The number of hydrogen-bond acceptors (Lipinski definition) is 2. The Hall–Kier alpha value is -8.14. The predicted molar refractivity (Wildman–Crippen MR) is 195 cm³/mol. The van der Waals surface area contributed by atoms with Crippen molar-refractivity contribution in [1.82, 2.24) is 9.13 Å². The second kappa shape index (κ2) is 11.3. The molecule has 0 amide bonds. The number of nitrogens with zero attached hydrogens (tertiary/aromatic N) is 8. The van der Waals surface area contributed by atoms with E-state index in [0.29, 0.717) is 78.4 Å². The van der Waals surface area contributed by atoms with Crippen LogP contribution in [0.1, 0.15) is 11.1 Å². The summed E-state index contributed by atoms with van der Waals surface area (Å²) in [6, 6.07) is 37.2. The van der Waals surface area contributed by atoms with Crippen molar-refractivity contribution < 1.29 is 0 Å². The van der Waals surface area contributed by atoms with Gasteiger partial charge in [-0.15, -0.1) is 0 Å². The highest BCUT2D eigenvalue weighted by Gasteiger charge is 2.24. The van der Waals surface area contributed by atoms with Crippen molar-refractivity contribution in [3.8, 4) is 34.6 Å². The van der Waals surface area contributed by atoms with E-state index < -0.39 is 0 Å². The largest absolute Gasteiger partial charge is 0.311 e. The van der Waals surface area contributed by atoms with Gasteiger partial charge < -0.3 is 9.13 Å². The minimum Gasteiger partial charge on any atom is -0.311 e. The summed E-state index contributed by atoms with van der Waals surface area (Å²) in [5.74, 6) is 0. The molecule has 0 radical (unpaired) electrons. The second-order valence-electron chi connectivity index (χ2n) is 11.6. The zero-order chi connectivity index (χ0) is 34.5. The molecule has 8 nitrogen and oxygen atoms in total. The summed E-state index contributed by atoms with van der Waals surface area (Å²) < 4.78 is 3.96. The number of fused-ring (bicyclic) bond motifs is 6. The lowest BCUT2D eigenvalue weighted by Gasteiger charge is -2.21. The lowest BCUT2D eigenvalue weighted by molar-refractivity contribution is 1.13. The van der Waals surface area contributed by atoms with Gasteiger partial charge in [-0.05, 0) is 54.1 Å². The van der Waals surface area contributed by atoms with E-state index in [1.54, 1.807) is 72.8 Å². The summed E-state index contributed by atoms with van der Waals surface area (Å²) in [6.07, 6.45) is 0. The lowest BCUT2D eigenvalue weighted by atomic mass is 9.97. The maximum Gasteiger partial charge on any atom is 0.189 e. The van der Waals surface area contributed by atoms with Gasteiger partial charge in [0.15, 0.2) is 22.7 Å². The summed E-state index contributed by atoms with van der Waals surface area (Å²) in [6.45, 7) is 31.2. The van der Waals surface area contributed by atoms with Gasteiger partial charge in [0.25, 0.3) is 0 Å². The van der Waals surface area contributed by atoms with Crippen LogP contribution in [0.5, 0.6) is 0 Å². The highest BCUT2D eigenvalue weighted by molar-refractivity contribution is 6.13. The van der Waals surface area contributed by atoms with E-state index in [0.717, 1.165) is 21.5 Å². The Labute approximate surface area is 286 Å². The number of rotatable bonds is 3. The third-order valence-electron chi connectivity index (χ3n) is 8.97. The average molecular weight is 635 g/mol. The smallest absolute Gasteiger partial charge is 0.189 e. The van der Waals surface area contributed by atoms with Crippen molar-refractivity contribution in [3.05, 3.63) is 166 Å². The topological polar surface area (TPSA) is 74.9 Å². The van der Waals surface area contributed by atoms with E-state index >= 15 is 0 Å². The molecule has 8 aromatic rings. The third-order valence-corrected chi connectivity index (χ3v) is 8.97. The normalized spacial score (nSPS) is 10.7. The summed E-state index contributed by atoms with van der Waals surface area (Å²) in [5.41, 5.74) is 7.88. The zero-order valence-corrected chi connectivity index (χ0v) is 26.0. The van der Waals surface area contributed by atoms with E-state index in [9.17, 15) is 10.5 Å². The highest BCUT2D eigenvalue weighted by atomic mass is 15.0. The Kier molecular flexibility index (Phi) is 6.60. The molecule has 8 heteroatoms. The van der Waals surface area contributed by atoms with Gasteiger partial charge in [-0.1, -0.05) is 60.7 Å². The molecule has 8 rings (SSSR count). The standard InChI is InChI=1S/C42H18N8/c1-45-28-7-5-6-27(19-28)42-40(49-36-16-25(23-43)8-12-32(36)33-13-9-29(46-2)20-37(33)49)17-26(24-44)18-41(42)50-38-21-30(47-3)10-14-34(38)35-15-11-31(48-4)22-39(35)50/h5-22H. The molecule has 0 bridgehead atoms. The van der Waals surface area contributed by atoms with Crippen LogP contribution in [0.15, 0.2) is 109 Å². The molecule has 0 aliphatic heterocycles. The Morgan fingerprint density at radius 2 is 0.860 bits per heavy atom. The average Bonchev–Trinajstić information content (AvgIpc) is 3.67. The van der Waals surface area contributed by atoms with Gasteiger partial charge in [0.2, 0.25) is 0 Å². The summed E-state index contributed by atoms with van der Waals surface area (Å²) >= 11 is 0. The number of hydrogen-bond donors (Lipinski definition) is 0.